The summed E-state index contributed by atoms with van der Waals surface area (Å²) in [5.41, 5.74) is 1.58. The van der Waals surface area contributed by atoms with E-state index in [-0.39, 0.29) is 12.5 Å². The van der Waals surface area contributed by atoms with Crippen LogP contribution in [0.2, 0.25) is 0 Å². The van der Waals surface area contributed by atoms with Gasteiger partial charge in [0.1, 0.15) is 6.54 Å². The number of nitrogens with zero attached hydrogens (tertiary/aromatic N) is 3. The van der Waals surface area contributed by atoms with Crippen LogP contribution >= 0.6 is 15.9 Å². The van der Waals surface area contributed by atoms with E-state index in [0.717, 1.165) is 22.4 Å². The summed E-state index contributed by atoms with van der Waals surface area (Å²) in [6.07, 6.45) is 1.77. The first kappa shape index (κ1) is 14.7. The highest BCUT2D eigenvalue weighted by atomic mass is 79.9. The minimum Gasteiger partial charge on any atom is -0.324 e. The molecule has 0 saturated heterocycles. The number of halogens is 1. The molecule has 0 bridgehead atoms. The molecule has 2 N–H and O–H groups in total. The smallest absolute Gasteiger partial charge is 0.246 e. The van der Waals surface area contributed by atoms with Gasteiger partial charge in [-0.25, -0.2) is 4.68 Å². The Hall–Kier alpha value is -1.73. The minimum absolute atomic E-state index is 0.132. The number of hydrogen-bond donors (Lipinski definition) is 2. The number of amides is 1. The number of aromatic nitrogens is 3. The molecule has 0 aliphatic carbocycles. The van der Waals surface area contributed by atoms with E-state index in [1.54, 1.807) is 6.20 Å². The first-order valence-electron chi connectivity index (χ1n) is 6.32. The van der Waals surface area contributed by atoms with Crippen molar-refractivity contribution in [3.63, 3.8) is 0 Å². The minimum atomic E-state index is -0.132. The van der Waals surface area contributed by atoms with Gasteiger partial charge in [0.05, 0.1) is 11.9 Å². The largest absolute Gasteiger partial charge is 0.324 e. The molecule has 1 aromatic heterocycles. The molecule has 6 nitrogen and oxygen atoms in total. The van der Waals surface area contributed by atoms with Crippen molar-refractivity contribution in [2.24, 2.45) is 0 Å². The van der Waals surface area contributed by atoms with E-state index in [1.165, 1.54) is 4.68 Å². The van der Waals surface area contributed by atoms with Crippen LogP contribution < -0.4 is 10.6 Å². The van der Waals surface area contributed by atoms with Crippen LogP contribution in [0.25, 0.3) is 0 Å². The predicted octanol–water partition coefficient (Wildman–Crippen LogP) is 1.79. The molecule has 0 radical (unpaired) electrons. The zero-order chi connectivity index (χ0) is 14.4. The van der Waals surface area contributed by atoms with Crippen molar-refractivity contribution in [1.82, 2.24) is 20.3 Å². The molecule has 1 heterocycles. The maximum atomic E-state index is 11.9. The van der Waals surface area contributed by atoms with Gasteiger partial charge in [0.15, 0.2) is 0 Å². The Bertz CT molecular complexity index is 566. The Balaban J connectivity index is 1.87. The molecule has 0 fully saturated rings. The van der Waals surface area contributed by atoms with Crippen molar-refractivity contribution in [1.29, 1.82) is 0 Å². The number of carbonyl (C=O) groups excluding carboxylic acids is 1. The Morgan fingerprint density at radius 2 is 2.10 bits per heavy atom. The molecule has 1 aromatic carbocycles. The zero-order valence-corrected chi connectivity index (χ0v) is 12.7. The number of benzene rings is 1. The van der Waals surface area contributed by atoms with Crippen molar-refractivity contribution >= 4 is 27.5 Å². The SMILES string of the molecule is CCNCc1cn(CC(=O)Nc2ccc(Br)cc2)nn1. The van der Waals surface area contributed by atoms with E-state index in [4.69, 9.17) is 0 Å². The fraction of sp³-hybridized carbons (Fsp3) is 0.308. The zero-order valence-electron chi connectivity index (χ0n) is 11.1. The molecular weight excluding hydrogens is 322 g/mol. The summed E-state index contributed by atoms with van der Waals surface area (Å²) in [7, 11) is 0. The van der Waals surface area contributed by atoms with Crippen molar-refractivity contribution < 1.29 is 4.79 Å². The predicted molar refractivity (Wildman–Crippen MR) is 80.2 cm³/mol. The van der Waals surface area contributed by atoms with Gasteiger partial charge in [0.25, 0.3) is 0 Å². The average molecular weight is 338 g/mol. The molecule has 0 saturated carbocycles. The normalized spacial score (nSPS) is 10.5. The quantitative estimate of drug-likeness (QED) is 0.842. The average Bonchev–Trinajstić information content (AvgIpc) is 2.86. The van der Waals surface area contributed by atoms with E-state index in [9.17, 15) is 4.79 Å². The molecule has 2 aromatic rings. The summed E-state index contributed by atoms with van der Waals surface area (Å²) < 4.78 is 2.50. The number of rotatable bonds is 6. The van der Waals surface area contributed by atoms with Crippen LogP contribution in [-0.2, 0) is 17.9 Å². The number of carbonyl (C=O) groups is 1. The Morgan fingerprint density at radius 3 is 2.80 bits per heavy atom. The second kappa shape index (κ2) is 7.16. The van der Waals surface area contributed by atoms with E-state index in [2.05, 4.69) is 36.9 Å². The van der Waals surface area contributed by atoms with Gasteiger partial charge < -0.3 is 10.6 Å². The summed E-state index contributed by atoms with van der Waals surface area (Å²) in [4.78, 5) is 11.9. The highest BCUT2D eigenvalue weighted by molar-refractivity contribution is 9.10. The van der Waals surface area contributed by atoms with Crippen molar-refractivity contribution in [3.8, 4) is 0 Å². The van der Waals surface area contributed by atoms with Crippen LogP contribution in [0.5, 0.6) is 0 Å². The molecule has 0 atom stereocenters. The molecule has 0 unspecified atom stereocenters. The number of anilines is 1. The number of hydrogen-bond acceptors (Lipinski definition) is 4. The lowest BCUT2D eigenvalue weighted by Gasteiger charge is -2.04. The maximum absolute atomic E-state index is 11.9. The fourth-order valence-corrected chi connectivity index (χ4v) is 1.90. The molecule has 2 rings (SSSR count). The van der Waals surface area contributed by atoms with Gasteiger partial charge in [-0.05, 0) is 30.8 Å². The van der Waals surface area contributed by atoms with E-state index >= 15 is 0 Å². The summed E-state index contributed by atoms with van der Waals surface area (Å²) in [5, 5.41) is 13.9. The summed E-state index contributed by atoms with van der Waals surface area (Å²) >= 11 is 3.35. The van der Waals surface area contributed by atoms with Gasteiger partial charge in [-0.15, -0.1) is 5.10 Å². The van der Waals surface area contributed by atoms with Gasteiger partial charge >= 0.3 is 0 Å². The van der Waals surface area contributed by atoms with E-state index in [0.29, 0.717) is 6.54 Å². The molecule has 20 heavy (non-hydrogen) atoms. The van der Waals surface area contributed by atoms with E-state index < -0.39 is 0 Å². The first-order valence-corrected chi connectivity index (χ1v) is 7.12. The highest BCUT2D eigenvalue weighted by Gasteiger charge is 2.06. The molecule has 0 spiro atoms. The first-order chi connectivity index (χ1) is 9.67. The lowest BCUT2D eigenvalue weighted by molar-refractivity contribution is -0.116. The van der Waals surface area contributed by atoms with Gasteiger partial charge in [-0.3, -0.25) is 4.79 Å². The van der Waals surface area contributed by atoms with Gasteiger partial charge in [0, 0.05) is 16.7 Å². The Kier molecular flexibility index (Phi) is 5.25. The topological polar surface area (TPSA) is 71.8 Å². The van der Waals surface area contributed by atoms with Gasteiger partial charge in [-0.1, -0.05) is 28.1 Å². The molecule has 7 heteroatoms. The lowest BCUT2D eigenvalue weighted by Crippen LogP contribution is -2.19. The third-order valence-electron chi connectivity index (χ3n) is 2.58. The van der Waals surface area contributed by atoms with Crippen LogP contribution in [0.3, 0.4) is 0 Å². The Morgan fingerprint density at radius 1 is 1.35 bits per heavy atom. The van der Waals surface area contributed by atoms with Gasteiger partial charge in [-0.2, -0.15) is 0 Å². The lowest BCUT2D eigenvalue weighted by atomic mass is 10.3. The standard InChI is InChI=1S/C13H16BrN5O/c1-2-15-7-12-8-19(18-17-12)9-13(20)16-11-5-3-10(14)4-6-11/h3-6,8,15H,2,7,9H2,1H3,(H,16,20). The van der Waals surface area contributed by atoms with Crippen LogP contribution in [-0.4, -0.2) is 27.4 Å². The van der Waals surface area contributed by atoms with Crippen LogP contribution in [0.15, 0.2) is 34.9 Å². The molecule has 106 valence electrons. The van der Waals surface area contributed by atoms with Crippen molar-refractivity contribution in [2.75, 3.05) is 11.9 Å². The van der Waals surface area contributed by atoms with Crippen LogP contribution in [0.1, 0.15) is 12.6 Å². The second-order valence-electron chi connectivity index (χ2n) is 4.24. The third-order valence-corrected chi connectivity index (χ3v) is 3.10. The van der Waals surface area contributed by atoms with Gasteiger partial charge in [0.2, 0.25) is 5.91 Å². The summed E-state index contributed by atoms with van der Waals surface area (Å²) in [6.45, 7) is 3.70. The fourth-order valence-electron chi connectivity index (χ4n) is 1.63. The molecule has 0 aliphatic rings. The maximum Gasteiger partial charge on any atom is 0.246 e. The monoisotopic (exact) mass is 337 g/mol. The Labute approximate surface area is 125 Å². The van der Waals surface area contributed by atoms with E-state index in [1.807, 2.05) is 31.2 Å². The molecule has 1 amide bonds. The summed E-state index contributed by atoms with van der Waals surface area (Å²) in [6, 6.07) is 7.42. The van der Waals surface area contributed by atoms with Crippen molar-refractivity contribution in [2.45, 2.75) is 20.0 Å². The van der Waals surface area contributed by atoms with Crippen molar-refractivity contribution in [3.05, 3.63) is 40.6 Å². The summed E-state index contributed by atoms with van der Waals surface area (Å²) in [5.74, 6) is -0.132. The van der Waals surface area contributed by atoms with Crippen LogP contribution in [0.4, 0.5) is 5.69 Å². The molecular formula is C13H16BrN5O. The third kappa shape index (κ3) is 4.43. The second-order valence-corrected chi connectivity index (χ2v) is 5.16. The number of nitrogens with one attached hydrogen (secondary N) is 2. The molecule has 0 aliphatic heterocycles. The van der Waals surface area contributed by atoms with Crippen LogP contribution in [0, 0.1) is 0 Å². The highest BCUT2D eigenvalue weighted by Crippen LogP contribution is 2.13.